The maximum atomic E-state index is 13.7. The zero-order chi connectivity index (χ0) is 18.0. The van der Waals surface area contributed by atoms with E-state index in [0.717, 1.165) is 5.56 Å². The summed E-state index contributed by atoms with van der Waals surface area (Å²) in [7, 11) is 1.59. The Morgan fingerprint density at radius 1 is 1.44 bits per heavy atom. The molecule has 1 aromatic heterocycles. The third-order valence-electron chi connectivity index (χ3n) is 4.68. The van der Waals surface area contributed by atoms with E-state index in [-0.39, 0.29) is 24.1 Å². The fraction of sp³-hybridized carbons (Fsp3) is 0.421. The van der Waals surface area contributed by atoms with Crippen molar-refractivity contribution in [1.82, 2.24) is 9.97 Å². The highest BCUT2D eigenvalue weighted by molar-refractivity contribution is 5.84. The summed E-state index contributed by atoms with van der Waals surface area (Å²) in [4.78, 5) is 20.4. The van der Waals surface area contributed by atoms with E-state index in [1.54, 1.807) is 33.2 Å². The molecule has 5 nitrogen and oxygen atoms in total. The minimum Gasteiger partial charge on any atom is -0.489 e. The Hall–Kier alpha value is -2.34. The lowest BCUT2D eigenvalue weighted by molar-refractivity contribution is -0.118. The zero-order valence-corrected chi connectivity index (χ0v) is 14.6. The molecule has 0 radical (unpaired) electrons. The number of hydrogen-bond donors (Lipinski definition) is 0. The second kappa shape index (κ2) is 6.88. The number of ketones is 1. The lowest BCUT2D eigenvalue weighted by Gasteiger charge is -2.19. The lowest BCUT2D eigenvalue weighted by Crippen LogP contribution is -2.23. The van der Waals surface area contributed by atoms with Crippen LogP contribution in [0.2, 0.25) is 0 Å². The second-order valence-electron chi connectivity index (χ2n) is 6.48. The number of hydrogen-bond acceptors (Lipinski definition) is 5. The van der Waals surface area contributed by atoms with Crippen LogP contribution in [0, 0.1) is 18.7 Å². The first-order valence-electron chi connectivity index (χ1n) is 8.17. The van der Waals surface area contributed by atoms with Crippen molar-refractivity contribution in [1.29, 1.82) is 0 Å². The first-order chi connectivity index (χ1) is 12.0. The summed E-state index contributed by atoms with van der Waals surface area (Å²) in [6, 6.07) is 6.38. The van der Waals surface area contributed by atoms with E-state index >= 15 is 0 Å². The van der Waals surface area contributed by atoms with E-state index in [9.17, 15) is 9.18 Å². The largest absolute Gasteiger partial charge is 0.489 e. The van der Waals surface area contributed by atoms with Gasteiger partial charge < -0.3 is 9.47 Å². The average Bonchev–Trinajstić information content (AvgIpc) is 3.31. The van der Waals surface area contributed by atoms with Crippen LogP contribution in [0.4, 0.5) is 4.39 Å². The number of carbonyl (C=O) groups excluding carboxylic acids is 1. The van der Waals surface area contributed by atoms with Gasteiger partial charge in [-0.2, -0.15) is 0 Å². The van der Waals surface area contributed by atoms with Crippen LogP contribution < -0.4 is 4.74 Å². The average molecular weight is 344 g/mol. The smallest absolute Gasteiger partial charge is 0.161 e. The van der Waals surface area contributed by atoms with Crippen LogP contribution in [-0.2, 0) is 21.6 Å². The molecule has 1 aromatic carbocycles. The summed E-state index contributed by atoms with van der Waals surface area (Å²) in [5, 5.41) is 0. The van der Waals surface area contributed by atoms with Crippen molar-refractivity contribution in [3.63, 3.8) is 0 Å². The van der Waals surface area contributed by atoms with Crippen molar-refractivity contribution in [2.45, 2.75) is 32.3 Å². The van der Waals surface area contributed by atoms with Crippen molar-refractivity contribution in [2.75, 3.05) is 13.7 Å². The molecule has 0 saturated heterocycles. The van der Waals surface area contributed by atoms with Crippen LogP contribution in [0.5, 0.6) is 5.75 Å². The van der Waals surface area contributed by atoms with Crippen LogP contribution >= 0.6 is 0 Å². The zero-order valence-electron chi connectivity index (χ0n) is 14.6. The second-order valence-corrected chi connectivity index (χ2v) is 6.48. The number of aromatic nitrogens is 2. The molecule has 0 unspecified atom stereocenters. The number of benzene rings is 1. The van der Waals surface area contributed by atoms with E-state index in [0.29, 0.717) is 30.3 Å². The van der Waals surface area contributed by atoms with E-state index in [1.165, 1.54) is 12.1 Å². The van der Waals surface area contributed by atoms with Crippen molar-refractivity contribution < 1.29 is 18.7 Å². The molecule has 132 valence electrons. The van der Waals surface area contributed by atoms with Gasteiger partial charge in [0.25, 0.3) is 0 Å². The first-order valence-corrected chi connectivity index (χ1v) is 8.17. The van der Waals surface area contributed by atoms with Crippen LogP contribution in [0.3, 0.4) is 0 Å². The van der Waals surface area contributed by atoms with Crippen LogP contribution in [-0.4, -0.2) is 29.5 Å². The molecule has 2 aromatic rings. The SMILES string of the molecule is COCc1nc(C)ncc1OC[C@@]1(c2cccc(F)c2)C[C@H]1C(C)=O. The minimum atomic E-state index is -0.497. The molecule has 0 bridgehead atoms. The van der Waals surface area contributed by atoms with Crippen molar-refractivity contribution in [3.8, 4) is 5.75 Å². The number of Topliss-reactive ketones (excluding diaryl/α,β-unsaturated/α-hetero) is 1. The number of rotatable bonds is 7. The summed E-state index contributed by atoms with van der Waals surface area (Å²) < 4.78 is 24.8. The maximum absolute atomic E-state index is 13.7. The third-order valence-corrected chi connectivity index (χ3v) is 4.68. The Balaban J connectivity index is 1.85. The minimum absolute atomic E-state index is 0.0881. The van der Waals surface area contributed by atoms with E-state index < -0.39 is 5.41 Å². The quantitative estimate of drug-likeness (QED) is 0.773. The number of aryl methyl sites for hydroxylation is 1. The lowest BCUT2D eigenvalue weighted by atomic mass is 9.93. The van der Waals surface area contributed by atoms with Gasteiger partial charge in [-0.05, 0) is 38.0 Å². The van der Waals surface area contributed by atoms with Gasteiger partial charge in [-0.1, -0.05) is 12.1 Å². The Labute approximate surface area is 146 Å². The number of halogens is 1. The number of methoxy groups -OCH3 is 1. The van der Waals surface area contributed by atoms with Crippen molar-refractivity contribution >= 4 is 5.78 Å². The summed E-state index contributed by atoms with van der Waals surface area (Å²) in [6.45, 7) is 3.94. The van der Waals surface area contributed by atoms with Crippen molar-refractivity contribution in [3.05, 3.63) is 53.4 Å². The van der Waals surface area contributed by atoms with E-state index in [4.69, 9.17) is 9.47 Å². The molecular formula is C19H21FN2O3. The van der Waals surface area contributed by atoms with E-state index in [2.05, 4.69) is 9.97 Å². The van der Waals surface area contributed by atoms with Gasteiger partial charge in [0.1, 0.15) is 23.1 Å². The van der Waals surface area contributed by atoms with Crippen LogP contribution in [0.25, 0.3) is 0 Å². The number of carbonyl (C=O) groups is 1. The molecule has 1 aliphatic rings. The van der Waals surface area contributed by atoms with Gasteiger partial charge in [0, 0.05) is 18.4 Å². The molecule has 1 aliphatic carbocycles. The number of nitrogens with zero attached hydrogens (tertiary/aromatic N) is 2. The normalized spacial score (nSPS) is 21.8. The monoisotopic (exact) mass is 344 g/mol. The molecule has 0 N–H and O–H groups in total. The molecule has 0 spiro atoms. The predicted octanol–water partition coefficient (Wildman–Crippen LogP) is 3.00. The highest BCUT2D eigenvalue weighted by Crippen LogP contribution is 2.55. The standard InChI is InChI=1S/C19H21FN2O3/c1-12(23)16-8-19(16,14-5-4-6-15(20)7-14)11-25-18-9-21-13(2)22-17(18)10-24-3/h4-7,9,16H,8,10-11H2,1-3H3/t16-,19+/m0/s1. The molecule has 1 saturated carbocycles. The highest BCUT2D eigenvalue weighted by atomic mass is 19.1. The molecule has 1 fully saturated rings. The number of ether oxygens (including phenoxy) is 2. The maximum Gasteiger partial charge on any atom is 0.161 e. The topological polar surface area (TPSA) is 61.3 Å². The molecule has 0 amide bonds. The molecular weight excluding hydrogens is 323 g/mol. The fourth-order valence-electron chi connectivity index (χ4n) is 3.27. The van der Waals surface area contributed by atoms with Gasteiger partial charge in [0.05, 0.1) is 19.4 Å². The predicted molar refractivity (Wildman–Crippen MR) is 89.8 cm³/mol. The van der Waals surface area contributed by atoms with Gasteiger partial charge in [-0.3, -0.25) is 4.79 Å². The Morgan fingerprint density at radius 2 is 2.24 bits per heavy atom. The third kappa shape index (κ3) is 3.54. The Morgan fingerprint density at radius 3 is 2.88 bits per heavy atom. The van der Waals surface area contributed by atoms with E-state index in [1.807, 2.05) is 6.07 Å². The van der Waals surface area contributed by atoms with Gasteiger partial charge in [-0.25, -0.2) is 14.4 Å². The van der Waals surface area contributed by atoms with Crippen LogP contribution in [0.1, 0.15) is 30.4 Å². The van der Waals surface area contributed by atoms with Crippen molar-refractivity contribution in [2.24, 2.45) is 5.92 Å². The summed E-state index contributed by atoms with van der Waals surface area (Å²) in [5.41, 5.74) is 0.946. The van der Waals surface area contributed by atoms with Crippen LogP contribution in [0.15, 0.2) is 30.5 Å². The molecule has 1 heterocycles. The molecule has 2 atom stereocenters. The van der Waals surface area contributed by atoms with Gasteiger partial charge in [0.2, 0.25) is 0 Å². The van der Waals surface area contributed by atoms with Gasteiger partial charge in [0.15, 0.2) is 5.75 Å². The first kappa shape index (κ1) is 17.5. The summed E-state index contributed by atoms with van der Waals surface area (Å²) >= 11 is 0. The molecule has 3 rings (SSSR count). The fourth-order valence-corrected chi connectivity index (χ4v) is 3.27. The summed E-state index contributed by atoms with van der Waals surface area (Å²) in [5.74, 6) is 0.770. The Bertz CT molecular complexity index is 796. The summed E-state index contributed by atoms with van der Waals surface area (Å²) in [6.07, 6.45) is 2.26. The van der Waals surface area contributed by atoms with Gasteiger partial charge >= 0.3 is 0 Å². The van der Waals surface area contributed by atoms with Gasteiger partial charge in [-0.15, -0.1) is 0 Å². The molecule has 25 heavy (non-hydrogen) atoms. The molecule has 0 aliphatic heterocycles. The highest BCUT2D eigenvalue weighted by Gasteiger charge is 2.58. The molecule has 6 heteroatoms. The Kier molecular flexibility index (Phi) is 4.81.